The number of aryl methyl sites for hydroxylation is 1. The Bertz CT molecular complexity index is 949. The van der Waals surface area contributed by atoms with Gasteiger partial charge >= 0.3 is 0 Å². The van der Waals surface area contributed by atoms with Gasteiger partial charge < -0.3 is 14.2 Å². The minimum absolute atomic E-state index is 0.0788. The summed E-state index contributed by atoms with van der Waals surface area (Å²) in [5.74, 6) is 1.81. The Labute approximate surface area is 157 Å². The molecule has 1 aliphatic rings. The van der Waals surface area contributed by atoms with Gasteiger partial charge in [0.1, 0.15) is 5.75 Å². The van der Waals surface area contributed by atoms with Crippen LogP contribution >= 0.6 is 0 Å². The van der Waals surface area contributed by atoms with E-state index >= 15 is 0 Å². The Kier molecular flexibility index (Phi) is 4.62. The highest BCUT2D eigenvalue weighted by Crippen LogP contribution is 2.33. The number of nitrogens with zero attached hydrogens (tertiary/aromatic N) is 3. The van der Waals surface area contributed by atoms with Crippen LogP contribution in [0, 0.1) is 6.92 Å². The molecule has 6 nitrogen and oxygen atoms in total. The summed E-state index contributed by atoms with van der Waals surface area (Å²) in [6.07, 6.45) is 0.374. The van der Waals surface area contributed by atoms with E-state index in [-0.39, 0.29) is 11.8 Å². The molecule has 1 unspecified atom stereocenters. The first-order valence-electron chi connectivity index (χ1n) is 9.08. The average molecular weight is 363 g/mol. The van der Waals surface area contributed by atoms with Crippen molar-refractivity contribution in [2.45, 2.75) is 26.2 Å². The molecular weight excluding hydrogens is 342 g/mol. The van der Waals surface area contributed by atoms with Gasteiger partial charge in [-0.25, -0.2) is 0 Å². The average Bonchev–Trinajstić information content (AvgIpc) is 3.30. The molecule has 0 saturated carbocycles. The number of para-hydroxylation sites is 1. The monoisotopic (exact) mass is 363 g/mol. The zero-order valence-electron chi connectivity index (χ0n) is 15.4. The van der Waals surface area contributed by atoms with Gasteiger partial charge in [0.2, 0.25) is 17.6 Å². The zero-order chi connectivity index (χ0) is 18.8. The Morgan fingerprint density at radius 1 is 1.19 bits per heavy atom. The van der Waals surface area contributed by atoms with E-state index in [0.717, 1.165) is 22.6 Å². The molecule has 138 valence electrons. The Morgan fingerprint density at radius 3 is 2.70 bits per heavy atom. The fourth-order valence-corrected chi connectivity index (χ4v) is 3.36. The molecule has 0 radical (unpaired) electrons. The Hall–Kier alpha value is -3.15. The fourth-order valence-electron chi connectivity index (χ4n) is 3.36. The topological polar surface area (TPSA) is 68.5 Å². The number of carbonyl (C=O) groups is 1. The molecule has 0 N–H and O–H groups in total. The van der Waals surface area contributed by atoms with Gasteiger partial charge in [-0.1, -0.05) is 23.4 Å². The minimum atomic E-state index is -0.0962. The number of rotatable bonds is 5. The molecule has 6 heteroatoms. The quantitative estimate of drug-likeness (QED) is 0.686. The molecule has 1 atom stereocenters. The lowest BCUT2D eigenvalue weighted by Gasteiger charge is -2.18. The van der Waals surface area contributed by atoms with E-state index in [2.05, 4.69) is 10.1 Å². The molecule has 1 saturated heterocycles. The summed E-state index contributed by atoms with van der Waals surface area (Å²) in [5, 5.41) is 4.09. The third-order valence-corrected chi connectivity index (χ3v) is 4.75. The molecule has 2 aromatic carbocycles. The first-order valence-corrected chi connectivity index (χ1v) is 9.08. The van der Waals surface area contributed by atoms with Crippen LogP contribution in [-0.2, 0) is 4.79 Å². The maximum atomic E-state index is 12.5. The van der Waals surface area contributed by atoms with Gasteiger partial charge in [0.15, 0.2) is 0 Å². The number of anilines is 1. The molecule has 1 fully saturated rings. The molecule has 3 aromatic rings. The van der Waals surface area contributed by atoms with Crippen LogP contribution in [0.4, 0.5) is 5.69 Å². The highest BCUT2D eigenvalue weighted by atomic mass is 16.5. The highest BCUT2D eigenvalue weighted by molar-refractivity contribution is 5.97. The summed E-state index contributed by atoms with van der Waals surface area (Å²) in [6, 6.07) is 15.5. The van der Waals surface area contributed by atoms with Crippen molar-refractivity contribution in [1.82, 2.24) is 10.1 Å². The third-order valence-electron chi connectivity index (χ3n) is 4.75. The van der Waals surface area contributed by atoms with Crippen molar-refractivity contribution in [2.24, 2.45) is 0 Å². The number of carbonyl (C=O) groups excluding carboxylic acids is 1. The molecule has 4 rings (SSSR count). The predicted molar refractivity (Wildman–Crippen MR) is 102 cm³/mol. The van der Waals surface area contributed by atoms with Crippen LogP contribution < -0.4 is 9.64 Å². The van der Waals surface area contributed by atoms with Crippen molar-refractivity contribution in [3.8, 4) is 17.1 Å². The van der Waals surface area contributed by atoms with Gasteiger partial charge in [-0.2, -0.15) is 4.98 Å². The molecule has 0 bridgehead atoms. The fraction of sp³-hybridized carbons (Fsp3) is 0.286. The van der Waals surface area contributed by atoms with E-state index in [9.17, 15) is 4.79 Å². The highest BCUT2D eigenvalue weighted by Gasteiger charge is 2.35. The van der Waals surface area contributed by atoms with Crippen molar-refractivity contribution in [3.05, 3.63) is 60.0 Å². The predicted octanol–water partition coefficient (Wildman–Crippen LogP) is 3.96. The van der Waals surface area contributed by atoms with Crippen LogP contribution in [0.5, 0.6) is 5.75 Å². The number of benzene rings is 2. The molecule has 0 spiro atoms. The van der Waals surface area contributed by atoms with Crippen LogP contribution in [0.25, 0.3) is 11.4 Å². The van der Waals surface area contributed by atoms with E-state index in [1.165, 1.54) is 0 Å². The maximum Gasteiger partial charge on any atom is 0.232 e. The van der Waals surface area contributed by atoms with Crippen molar-refractivity contribution >= 4 is 11.6 Å². The SMILES string of the molecule is CCOc1ccc(-c2noc(C3CC(=O)N(c4ccccc4C)C3)n2)cc1. The number of hydrogen-bond acceptors (Lipinski definition) is 5. The summed E-state index contributed by atoms with van der Waals surface area (Å²) in [7, 11) is 0. The standard InChI is InChI=1S/C21H21N3O3/c1-3-26-17-10-8-15(9-11-17)20-22-21(27-23-20)16-12-19(25)24(13-16)18-7-5-4-6-14(18)2/h4-11,16H,3,12-13H2,1-2H3. The number of aromatic nitrogens is 2. The Morgan fingerprint density at radius 2 is 1.96 bits per heavy atom. The lowest BCUT2D eigenvalue weighted by Crippen LogP contribution is -2.25. The van der Waals surface area contributed by atoms with Crippen LogP contribution in [0.1, 0.15) is 30.7 Å². The molecule has 1 aliphatic heterocycles. The molecule has 1 aromatic heterocycles. The first-order chi connectivity index (χ1) is 13.2. The van der Waals surface area contributed by atoms with E-state index in [1.54, 1.807) is 4.90 Å². The second-order valence-electron chi connectivity index (χ2n) is 6.61. The van der Waals surface area contributed by atoms with Crippen molar-refractivity contribution in [2.75, 3.05) is 18.1 Å². The van der Waals surface area contributed by atoms with Crippen LogP contribution in [-0.4, -0.2) is 29.2 Å². The normalized spacial score (nSPS) is 16.7. The summed E-state index contributed by atoms with van der Waals surface area (Å²) in [4.78, 5) is 18.8. The summed E-state index contributed by atoms with van der Waals surface area (Å²) < 4.78 is 10.9. The second-order valence-corrected chi connectivity index (χ2v) is 6.61. The van der Waals surface area contributed by atoms with E-state index in [1.807, 2.05) is 62.4 Å². The molecular formula is C21H21N3O3. The van der Waals surface area contributed by atoms with Crippen molar-refractivity contribution in [1.29, 1.82) is 0 Å². The summed E-state index contributed by atoms with van der Waals surface area (Å²) in [5.41, 5.74) is 2.87. The lowest BCUT2D eigenvalue weighted by atomic mass is 10.1. The zero-order valence-corrected chi connectivity index (χ0v) is 15.4. The maximum absolute atomic E-state index is 12.5. The first kappa shape index (κ1) is 17.3. The second kappa shape index (κ2) is 7.23. The van der Waals surface area contributed by atoms with Gasteiger partial charge in [0.05, 0.1) is 12.5 Å². The third kappa shape index (κ3) is 3.43. The largest absolute Gasteiger partial charge is 0.494 e. The van der Waals surface area contributed by atoms with E-state index < -0.39 is 0 Å². The van der Waals surface area contributed by atoms with E-state index in [4.69, 9.17) is 9.26 Å². The van der Waals surface area contributed by atoms with Gasteiger partial charge in [0, 0.05) is 24.2 Å². The lowest BCUT2D eigenvalue weighted by molar-refractivity contribution is -0.117. The minimum Gasteiger partial charge on any atom is -0.494 e. The van der Waals surface area contributed by atoms with Gasteiger partial charge in [-0.05, 0) is 49.7 Å². The summed E-state index contributed by atoms with van der Waals surface area (Å²) in [6.45, 7) is 5.13. The van der Waals surface area contributed by atoms with Crippen LogP contribution in [0.2, 0.25) is 0 Å². The Balaban J connectivity index is 1.52. The summed E-state index contributed by atoms with van der Waals surface area (Å²) >= 11 is 0. The molecule has 27 heavy (non-hydrogen) atoms. The van der Waals surface area contributed by atoms with Crippen molar-refractivity contribution < 1.29 is 14.1 Å². The smallest absolute Gasteiger partial charge is 0.232 e. The van der Waals surface area contributed by atoms with E-state index in [0.29, 0.717) is 31.3 Å². The van der Waals surface area contributed by atoms with Gasteiger partial charge in [0.25, 0.3) is 0 Å². The molecule has 0 aliphatic carbocycles. The van der Waals surface area contributed by atoms with Gasteiger partial charge in [-0.3, -0.25) is 4.79 Å². The van der Waals surface area contributed by atoms with Gasteiger partial charge in [-0.15, -0.1) is 0 Å². The van der Waals surface area contributed by atoms with Crippen molar-refractivity contribution in [3.63, 3.8) is 0 Å². The van der Waals surface area contributed by atoms with Crippen LogP contribution in [0.3, 0.4) is 0 Å². The number of ether oxygens (including phenoxy) is 1. The number of hydrogen-bond donors (Lipinski definition) is 0. The molecule has 1 amide bonds. The molecule has 2 heterocycles. The van der Waals surface area contributed by atoms with Crippen LogP contribution in [0.15, 0.2) is 53.1 Å². The number of amides is 1.